The summed E-state index contributed by atoms with van der Waals surface area (Å²) < 4.78 is 0. The van der Waals surface area contributed by atoms with Crippen LogP contribution in [0.1, 0.15) is 44.1 Å². The van der Waals surface area contributed by atoms with Crippen LogP contribution in [-0.4, -0.2) is 24.1 Å². The summed E-state index contributed by atoms with van der Waals surface area (Å²) >= 11 is 0. The van der Waals surface area contributed by atoms with Gasteiger partial charge in [0.1, 0.15) is 5.82 Å². The van der Waals surface area contributed by atoms with Crippen LogP contribution in [-0.2, 0) is 6.54 Å². The van der Waals surface area contributed by atoms with Gasteiger partial charge in [0.05, 0.1) is 0 Å². The minimum absolute atomic E-state index is 0.778. The highest BCUT2D eigenvalue weighted by Gasteiger charge is 2.20. The van der Waals surface area contributed by atoms with E-state index in [1.807, 2.05) is 6.20 Å². The zero-order valence-corrected chi connectivity index (χ0v) is 11.1. The summed E-state index contributed by atoms with van der Waals surface area (Å²) in [5.41, 5.74) is 1.37. The van der Waals surface area contributed by atoms with Gasteiger partial charge in [0.2, 0.25) is 0 Å². The van der Waals surface area contributed by atoms with Gasteiger partial charge >= 0.3 is 0 Å². The van der Waals surface area contributed by atoms with E-state index in [1.165, 1.54) is 63.0 Å². The van der Waals surface area contributed by atoms with Gasteiger partial charge in [-0.05, 0) is 43.4 Å². The number of nitrogens with zero attached hydrogens (tertiary/aromatic N) is 2. The highest BCUT2D eigenvalue weighted by molar-refractivity contribution is 5.41. The van der Waals surface area contributed by atoms with Crippen molar-refractivity contribution in [2.45, 2.75) is 51.1 Å². The van der Waals surface area contributed by atoms with Crippen LogP contribution < -0.4 is 10.2 Å². The molecule has 2 aliphatic rings. The molecule has 3 nitrogen and oxygen atoms in total. The lowest BCUT2D eigenvalue weighted by Crippen LogP contribution is -2.25. The van der Waals surface area contributed by atoms with Gasteiger partial charge in [-0.25, -0.2) is 4.98 Å². The molecule has 0 spiro atoms. The van der Waals surface area contributed by atoms with Gasteiger partial charge in [0.25, 0.3) is 0 Å². The molecule has 0 amide bonds. The third-order valence-corrected chi connectivity index (χ3v) is 3.91. The quantitative estimate of drug-likeness (QED) is 0.884. The van der Waals surface area contributed by atoms with Gasteiger partial charge in [0, 0.05) is 31.9 Å². The van der Waals surface area contributed by atoms with Crippen LogP contribution in [0.25, 0.3) is 0 Å². The molecule has 0 unspecified atom stereocenters. The number of pyridine rings is 1. The third kappa shape index (κ3) is 3.22. The van der Waals surface area contributed by atoms with Gasteiger partial charge in [-0.3, -0.25) is 0 Å². The molecule has 0 atom stereocenters. The fourth-order valence-electron chi connectivity index (χ4n) is 2.59. The fourth-order valence-corrected chi connectivity index (χ4v) is 2.59. The Balaban J connectivity index is 1.64. The smallest absolute Gasteiger partial charge is 0.128 e. The van der Waals surface area contributed by atoms with E-state index in [4.69, 9.17) is 0 Å². The Hall–Kier alpha value is -1.09. The first-order valence-corrected chi connectivity index (χ1v) is 7.35. The molecule has 2 fully saturated rings. The highest BCUT2D eigenvalue weighted by Crippen LogP contribution is 2.21. The minimum atomic E-state index is 0.778. The SMILES string of the molecule is c1cc(CNC2CC2)cc(N2CCCCCC2)n1. The van der Waals surface area contributed by atoms with Crippen molar-refractivity contribution in [2.75, 3.05) is 18.0 Å². The summed E-state index contributed by atoms with van der Waals surface area (Å²) in [6.07, 6.45) is 10.0. The number of anilines is 1. The minimum Gasteiger partial charge on any atom is -0.357 e. The second kappa shape index (κ2) is 5.70. The maximum absolute atomic E-state index is 4.55. The molecule has 1 aromatic rings. The lowest BCUT2D eigenvalue weighted by molar-refractivity contribution is 0.686. The zero-order chi connectivity index (χ0) is 12.2. The Morgan fingerprint density at radius 3 is 2.67 bits per heavy atom. The summed E-state index contributed by atoms with van der Waals surface area (Å²) in [5, 5.41) is 3.57. The molecular weight excluding hydrogens is 222 g/mol. The number of rotatable bonds is 4. The summed E-state index contributed by atoms with van der Waals surface area (Å²) in [6, 6.07) is 5.18. The molecule has 1 aliphatic carbocycles. The topological polar surface area (TPSA) is 28.2 Å². The monoisotopic (exact) mass is 245 g/mol. The van der Waals surface area contributed by atoms with Crippen LogP contribution >= 0.6 is 0 Å². The van der Waals surface area contributed by atoms with Crippen LogP contribution in [0.4, 0.5) is 5.82 Å². The molecule has 0 aromatic carbocycles. The van der Waals surface area contributed by atoms with Crippen molar-refractivity contribution in [1.29, 1.82) is 0 Å². The second-order valence-corrected chi connectivity index (χ2v) is 5.58. The predicted octanol–water partition coefficient (Wildman–Crippen LogP) is 2.71. The summed E-state index contributed by atoms with van der Waals surface area (Å²) in [6.45, 7) is 3.34. The Morgan fingerprint density at radius 1 is 1.17 bits per heavy atom. The van der Waals surface area contributed by atoms with Crippen molar-refractivity contribution in [3.63, 3.8) is 0 Å². The first-order valence-electron chi connectivity index (χ1n) is 7.35. The Bertz CT molecular complexity index is 379. The summed E-state index contributed by atoms with van der Waals surface area (Å²) in [4.78, 5) is 7.00. The zero-order valence-electron chi connectivity index (χ0n) is 11.1. The van der Waals surface area contributed by atoms with Crippen molar-refractivity contribution in [3.8, 4) is 0 Å². The Kier molecular flexibility index (Phi) is 3.79. The van der Waals surface area contributed by atoms with E-state index in [9.17, 15) is 0 Å². The lowest BCUT2D eigenvalue weighted by Gasteiger charge is -2.21. The van der Waals surface area contributed by atoms with Crippen molar-refractivity contribution in [3.05, 3.63) is 23.9 Å². The van der Waals surface area contributed by atoms with Gasteiger partial charge in [-0.15, -0.1) is 0 Å². The van der Waals surface area contributed by atoms with E-state index in [2.05, 4.69) is 27.3 Å². The molecule has 18 heavy (non-hydrogen) atoms. The van der Waals surface area contributed by atoms with Crippen molar-refractivity contribution in [2.24, 2.45) is 0 Å². The molecule has 2 heterocycles. The van der Waals surface area contributed by atoms with E-state index in [0.29, 0.717) is 0 Å². The van der Waals surface area contributed by atoms with Crippen LogP contribution in [0.2, 0.25) is 0 Å². The molecule has 1 aliphatic heterocycles. The third-order valence-electron chi connectivity index (χ3n) is 3.91. The average molecular weight is 245 g/mol. The van der Waals surface area contributed by atoms with E-state index in [-0.39, 0.29) is 0 Å². The first kappa shape index (κ1) is 12.0. The molecule has 0 radical (unpaired) electrons. The highest BCUT2D eigenvalue weighted by atomic mass is 15.2. The molecule has 1 aromatic heterocycles. The van der Waals surface area contributed by atoms with Crippen molar-refractivity contribution in [1.82, 2.24) is 10.3 Å². The van der Waals surface area contributed by atoms with Crippen LogP contribution in [0, 0.1) is 0 Å². The maximum Gasteiger partial charge on any atom is 0.128 e. The van der Waals surface area contributed by atoms with E-state index < -0.39 is 0 Å². The number of hydrogen-bond donors (Lipinski definition) is 1. The molecule has 1 N–H and O–H groups in total. The molecular formula is C15H23N3. The summed E-state index contributed by atoms with van der Waals surface area (Å²) in [7, 11) is 0. The fraction of sp³-hybridized carbons (Fsp3) is 0.667. The molecule has 3 heteroatoms. The first-order chi connectivity index (χ1) is 8.92. The van der Waals surface area contributed by atoms with Gasteiger partial charge < -0.3 is 10.2 Å². The molecule has 3 rings (SSSR count). The number of hydrogen-bond acceptors (Lipinski definition) is 3. The normalized spacial score (nSPS) is 20.8. The van der Waals surface area contributed by atoms with Gasteiger partial charge in [0.15, 0.2) is 0 Å². The second-order valence-electron chi connectivity index (χ2n) is 5.58. The Morgan fingerprint density at radius 2 is 1.94 bits per heavy atom. The molecule has 1 saturated heterocycles. The van der Waals surface area contributed by atoms with Crippen LogP contribution in [0.15, 0.2) is 18.3 Å². The van der Waals surface area contributed by atoms with E-state index in [1.54, 1.807) is 0 Å². The van der Waals surface area contributed by atoms with E-state index >= 15 is 0 Å². The van der Waals surface area contributed by atoms with Crippen LogP contribution in [0.5, 0.6) is 0 Å². The molecule has 98 valence electrons. The predicted molar refractivity (Wildman–Crippen MR) is 74.8 cm³/mol. The van der Waals surface area contributed by atoms with Gasteiger partial charge in [-0.1, -0.05) is 12.8 Å². The standard InChI is InChI=1S/C15H23N3/c1-2-4-10-18(9-3-1)15-11-13(7-8-16-15)12-17-14-5-6-14/h7-8,11,14,17H,1-6,9-10,12H2. The van der Waals surface area contributed by atoms with Crippen molar-refractivity contribution < 1.29 is 0 Å². The van der Waals surface area contributed by atoms with E-state index in [0.717, 1.165) is 12.6 Å². The lowest BCUT2D eigenvalue weighted by atomic mass is 10.2. The molecule has 1 saturated carbocycles. The average Bonchev–Trinajstić information content (AvgIpc) is 3.24. The number of nitrogens with one attached hydrogen (secondary N) is 1. The van der Waals surface area contributed by atoms with Gasteiger partial charge in [-0.2, -0.15) is 0 Å². The van der Waals surface area contributed by atoms with Crippen molar-refractivity contribution >= 4 is 5.82 Å². The summed E-state index contributed by atoms with van der Waals surface area (Å²) in [5.74, 6) is 1.17. The van der Waals surface area contributed by atoms with Crippen LogP contribution in [0.3, 0.4) is 0 Å². The largest absolute Gasteiger partial charge is 0.357 e. The maximum atomic E-state index is 4.55. The Labute approximate surface area is 110 Å². The molecule has 0 bridgehead atoms. The number of aromatic nitrogens is 1.